The maximum Gasteiger partial charge on any atom is 0.214 e. The van der Waals surface area contributed by atoms with E-state index in [4.69, 9.17) is 0 Å². The van der Waals surface area contributed by atoms with Crippen molar-refractivity contribution in [2.24, 2.45) is 0 Å². The highest BCUT2D eigenvalue weighted by molar-refractivity contribution is 7.89. The Morgan fingerprint density at radius 3 is 2.50 bits per heavy atom. The van der Waals surface area contributed by atoms with Crippen LogP contribution >= 0.6 is 0 Å². The van der Waals surface area contributed by atoms with E-state index in [1.54, 1.807) is 0 Å². The summed E-state index contributed by atoms with van der Waals surface area (Å²) in [5, 5.41) is 9.37. The Bertz CT molecular complexity index is 444. The first-order chi connectivity index (χ1) is 7.65. The van der Waals surface area contributed by atoms with Crippen molar-refractivity contribution in [1.82, 2.24) is 4.31 Å². The summed E-state index contributed by atoms with van der Waals surface area (Å²) in [7, 11) is -3.17. The number of benzene rings is 1. The maximum atomic E-state index is 11.8. The average Bonchev–Trinajstić information content (AvgIpc) is 2.62. The lowest BCUT2D eigenvalue weighted by atomic mass is 10.1. The molecule has 1 saturated heterocycles. The van der Waals surface area contributed by atoms with E-state index in [1.165, 1.54) is 4.31 Å². The molecule has 16 heavy (non-hydrogen) atoms. The number of sulfonamides is 1. The van der Waals surface area contributed by atoms with Crippen molar-refractivity contribution < 1.29 is 13.5 Å². The molecule has 0 amide bonds. The van der Waals surface area contributed by atoms with E-state index in [-0.39, 0.29) is 12.4 Å². The third-order valence-corrected chi connectivity index (χ3v) is 4.80. The third kappa shape index (κ3) is 2.11. The van der Waals surface area contributed by atoms with Gasteiger partial charge in [-0.15, -0.1) is 0 Å². The van der Waals surface area contributed by atoms with Gasteiger partial charge in [0.1, 0.15) is 0 Å². The van der Waals surface area contributed by atoms with Gasteiger partial charge in [-0.1, -0.05) is 30.3 Å². The fraction of sp³-hybridized carbons (Fsp3) is 0.455. The Morgan fingerprint density at radius 1 is 1.31 bits per heavy atom. The topological polar surface area (TPSA) is 57.6 Å². The lowest BCUT2D eigenvalue weighted by molar-refractivity contribution is 0.195. The van der Waals surface area contributed by atoms with Gasteiger partial charge in [0, 0.05) is 6.54 Å². The highest BCUT2D eigenvalue weighted by atomic mass is 32.2. The van der Waals surface area contributed by atoms with Gasteiger partial charge in [0.25, 0.3) is 0 Å². The molecule has 1 heterocycles. The van der Waals surface area contributed by atoms with Crippen LogP contribution in [0.1, 0.15) is 18.0 Å². The van der Waals surface area contributed by atoms with Crippen molar-refractivity contribution in [1.29, 1.82) is 0 Å². The Kier molecular flexibility index (Phi) is 3.28. The highest BCUT2D eigenvalue weighted by Crippen LogP contribution is 2.27. The Labute approximate surface area is 95.6 Å². The van der Waals surface area contributed by atoms with Gasteiger partial charge in [0.05, 0.1) is 18.4 Å². The number of hydrogen-bond acceptors (Lipinski definition) is 3. The molecule has 1 fully saturated rings. The van der Waals surface area contributed by atoms with Crippen LogP contribution in [0.2, 0.25) is 0 Å². The maximum absolute atomic E-state index is 11.8. The smallest absolute Gasteiger partial charge is 0.214 e. The zero-order valence-corrected chi connectivity index (χ0v) is 9.73. The fourth-order valence-electron chi connectivity index (χ4n) is 2.05. The zero-order valence-electron chi connectivity index (χ0n) is 8.91. The molecular weight excluding hydrogens is 226 g/mol. The number of nitrogens with zero attached hydrogens (tertiary/aromatic N) is 1. The van der Waals surface area contributed by atoms with Crippen LogP contribution < -0.4 is 0 Å². The van der Waals surface area contributed by atoms with E-state index in [0.717, 1.165) is 5.56 Å². The first-order valence-electron chi connectivity index (χ1n) is 5.30. The van der Waals surface area contributed by atoms with Crippen LogP contribution in [-0.2, 0) is 10.0 Å². The van der Waals surface area contributed by atoms with Gasteiger partial charge in [-0.25, -0.2) is 8.42 Å². The average molecular weight is 241 g/mol. The second-order valence-corrected chi connectivity index (χ2v) is 5.93. The number of rotatable bonds is 3. The van der Waals surface area contributed by atoms with Crippen LogP contribution in [0.5, 0.6) is 0 Å². The third-order valence-electron chi connectivity index (χ3n) is 2.84. The first-order valence-corrected chi connectivity index (χ1v) is 6.91. The van der Waals surface area contributed by atoms with Crippen molar-refractivity contribution in [2.45, 2.75) is 12.5 Å². The zero-order chi connectivity index (χ0) is 11.6. The molecule has 0 unspecified atom stereocenters. The van der Waals surface area contributed by atoms with Crippen molar-refractivity contribution in [3.8, 4) is 0 Å². The summed E-state index contributed by atoms with van der Waals surface area (Å²) in [4.78, 5) is 0. The van der Waals surface area contributed by atoms with E-state index >= 15 is 0 Å². The summed E-state index contributed by atoms with van der Waals surface area (Å²) in [5.41, 5.74) is 0.843. The fourth-order valence-corrected chi connectivity index (χ4v) is 3.76. The summed E-state index contributed by atoms with van der Waals surface area (Å²) < 4.78 is 24.9. The van der Waals surface area contributed by atoms with Crippen LogP contribution in [0.25, 0.3) is 0 Å². The quantitative estimate of drug-likeness (QED) is 0.849. The number of aliphatic hydroxyl groups excluding tert-OH is 1. The Morgan fingerprint density at radius 2 is 2.00 bits per heavy atom. The Balaban J connectivity index is 2.31. The van der Waals surface area contributed by atoms with Gasteiger partial charge in [0.15, 0.2) is 0 Å². The summed E-state index contributed by atoms with van der Waals surface area (Å²) in [6.45, 7) is 0.325. The molecule has 1 aliphatic rings. The normalized spacial score (nSPS) is 22.1. The van der Waals surface area contributed by atoms with Gasteiger partial charge in [-0.05, 0) is 12.0 Å². The molecule has 4 nitrogen and oxygen atoms in total. The lowest BCUT2D eigenvalue weighted by Gasteiger charge is -2.24. The van der Waals surface area contributed by atoms with Gasteiger partial charge in [-0.2, -0.15) is 4.31 Å². The minimum absolute atomic E-state index is 0.177. The van der Waals surface area contributed by atoms with E-state index in [9.17, 15) is 13.5 Å². The van der Waals surface area contributed by atoms with Crippen molar-refractivity contribution in [2.75, 3.05) is 18.9 Å². The van der Waals surface area contributed by atoms with Gasteiger partial charge in [0.2, 0.25) is 10.0 Å². The number of hydrogen-bond donors (Lipinski definition) is 1. The molecule has 2 rings (SSSR count). The van der Waals surface area contributed by atoms with Crippen molar-refractivity contribution >= 4 is 10.0 Å². The summed E-state index contributed by atoms with van der Waals surface area (Å²) in [6.07, 6.45) is 0.645. The second-order valence-electron chi connectivity index (χ2n) is 3.89. The lowest BCUT2D eigenvalue weighted by Crippen LogP contribution is -2.32. The van der Waals surface area contributed by atoms with Crippen LogP contribution in [0.4, 0.5) is 0 Å². The molecule has 1 aromatic rings. The summed E-state index contributed by atoms with van der Waals surface area (Å²) >= 11 is 0. The SMILES string of the molecule is O=S1(=O)CCCN1[C@H](CO)c1ccccc1. The van der Waals surface area contributed by atoms with E-state index in [2.05, 4.69) is 0 Å². The molecule has 1 atom stereocenters. The molecule has 0 aromatic heterocycles. The largest absolute Gasteiger partial charge is 0.394 e. The predicted octanol–water partition coefficient (Wildman–Crippen LogP) is 0.756. The molecule has 0 radical (unpaired) electrons. The standard InChI is InChI=1S/C11H15NO3S/c13-9-11(10-5-2-1-3-6-10)12-7-4-8-16(12,14)15/h1-3,5-6,11,13H,4,7-9H2/t11-/m1/s1. The van der Waals surface area contributed by atoms with E-state index < -0.39 is 16.1 Å². The molecule has 1 N–H and O–H groups in total. The predicted molar refractivity (Wildman–Crippen MR) is 61.4 cm³/mol. The van der Waals surface area contributed by atoms with E-state index in [1.807, 2.05) is 30.3 Å². The molecule has 1 aliphatic heterocycles. The Hall–Kier alpha value is -0.910. The highest BCUT2D eigenvalue weighted by Gasteiger charge is 2.34. The van der Waals surface area contributed by atoms with Crippen molar-refractivity contribution in [3.05, 3.63) is 35.9 Å². The molecule has 0 bridgehead atoms. The molecule has 0 aliphatic carbocycles. The van der Waals surface area contributed by atoms with Gasteiger partial charge in [-0.3, -0.25) is 0 Å². The monoisotopic (exact) mass is 241 g/mol. The first kappa shape index (κ1) is 11.6. The molecule has 0 spiro atoms. The summed E-state index contributed by atoms with van der Waals surface area (Å²) in [5.74, 6) is 0.191. The molecular formula is C11H15NO3S. The minimum atomic E-state index is -3.17. The van der Waals surface area contributed by atoms with Gasteiger partial charge >= 0.3 is 0 Å². The van der Waals surface area contributed by atoms with Crippen molar-refractivity contribution in [3.63, 3.8) is 0 Å². The number of aliphatic hydroxyl groups is 1. The minimum Gasteiger partial charge on any atom is -0.394 e. The van der Waals surface area contributed by atoms with Crippen LogP contribution in [-0.4, -0.2) is 36.7 Å². The summed E-state index contributed by atoms with van der Waals surface area (Å²) in [6, 6.07) is 8.81. The van der Waals surface area contributed by atoms with Gasteiger partial charge < -0.3 is 5.11 Å². The van der Waals surface area contributed by atoms with Crippen LogP contribution in [0.15, 0.2) is 30.3 Å². The van der Waals surface area contributed by atoms with Crippen LogP contribution in [0, 0.1) is 0 Å². The second kappa shape index (κ2) is 4.53. The molecule has 88 valence electrons. The van der Waals surface area contributed by atoms with Crippen LogP contribution in [0.3, 0.4) is 0 Å². The van der Waals surface area contributed by atoms with E-state index in [0.29, 0.717) is 13.0 Å². The molecule has 0 saturated carbocycles. The molecule has 5 heteroatoms. The molecule has 1 aromatic carbocycles.